The monoisotopic (exact) mass is 357 g/mol. The second-order valence-corrected chi connectivity index (χ2v) is 6.16. The molecule has 0 bridgehead atoms. The van der Waals surface area contributed by atoms with Crippen molar-refractivity contribution < 1.29 is 18.0 Å². The molecule has 0 spiro atoms. The van der Waals surface area contributed by atoms with Gasteiger partial charge in [0.25, 0.3) is 5.91 Å². The zero-order valence-electron chi connectivity index (χ0n) is 12.6. The van der Waals surface area contributed by atoms with Gasteiger partial charge in [0, 0.05) is 19.0 Å². The fourth-order valence-corrected chi connectivity index (χ4v) is 3.09. The third-order valence-corrected chi connectivity index (χ3v) is 4.43. The summed E-state index contributed by atoms with van der Waals surface area (Å²) in [5.41, 5.74) is -0.470. The summed E-state index contributed by atoms with van der Waals surface area (Å²) in [5.74, 6) is -0.201. The zero-order chi connectivity index (χ0) is 17.3. The molecule has 128 valence electrons. The minimum atomic E-state index is -4.45. The van der Waals surface area contributed by atoms with E-state index >= 15 is 0 Å². The predicted molar refractivity (Wildman–Crippen MR) is 82.9 cm³/mol. The van der Waals surface area contributed by atoms with E-state index in [1.165, 1.54) is 0 Å². The number of carbonyl (C=O) groups is 1. The molecule has 1 aromatic carbocycles. The molecule has 8 heteroatoms. The number of carbonyl (C=O) groups excluding carboxylic acids is 1. The van der Waals surface area contributed by atoms with Gasteiger partial charge in [-0.1, -0.05) is 23.7 Å². The van der Waals surface area contributed by atoms with Gasteiger partial charge in [-0.2, -0.15) is 13.2 Å². The Morgan fingerprint density at radius 2 is 2.08 bits per heavy atom. The van der Waals surface area contributed by atoms with Crippen LogP contribution in [-0.2, 0) is 6.18 Å². The number of imidazole rings is 1. The molecule has 2 heterocycles. The van der Waals surface area contributed by atoms with E-state index in [4.69, 9.17) is 11.6 Å². The molecule has 24 heavy (non-hydrogen) atoms. The lowest BCUT2D eigenvalue weighted by molar-refractivity contribution is -0.141. The van der Waals surface area contributed by atoms with Crippen molar-refractivity contribution in [1.82, 2.24) is 14.9 Å². The number of piperidine rings is 1. The fraction of sp³-hybridized carbons (Fsp3) is 0.375. The molecule has 0 aliphatic carbocycles. The molecule has 3 rings (SSSR count). The number of benzene rings is 1. The second kappa shape index (κ2) is 6.47. The van der Waals surface area contributed by atoms with Crippen LogP contribution in [0.5, 0.6) is 0 Å². The van der Waals surface area contributed by atoms with Gasteiger partial charge in [0.15, 0.2) is 0 Å². The summed E-state index contributed by atoms with van der Waals surface area (Å²) in [4.78, 5) is 20.4. The molecular formula is C16H15ClF3N3O. The summed E-state index contributed by atoms with van der Waals surface area (Å²) in [7, 11) is 0. The molecule has 0 unspecified atom stereocenters. The smallest absolute Gasteiger partial charge is 0.338 e. The molecule has 1 amide bonds. The van der Waals surface area contributed by atoms with Gasteiger partial charge in [-0.3, -0.25) is 4.79 Å². The summed E-state index contributed by atoms with van der Waals surface area (Å²) in [6.07, 6.45) is -2.28. The van der Waals surface area contributed by atoms with Crippen LogP contribution in [0.15, 0.2) is 30.5 Å². The van der Waals surface area contributed by atoms with Crippen molar-refractivity contribution in [3.8, 4) is 0 Å². The maximum absolute atomic E-state index is 12.7. The van der Waals surface area contributed by atoms with Crippen LogP contribution in [0.1, 0.15) is 40.6 Å². The highest BCUT2D eigenvalue weighted by molar-refractivity contribution is 6.33. The van der Waals surface area contributed by atoms with Gasteiger partial charge in [-0.15, -0.1) is 0 Å². The van der Waals surface area contributed by atoms with Crippen molar-refractivity contribution in [3.63, 3.8) is 0 Å². The number of nitrogens with zero attached hydrogens (tertiary/aromatic N) is 2. The van der Waals surface area contributed by atoms with Crippen LogP contribution in [-0.4, -0.2) is 33.9 Å². The van der Waals surface area contributed by atoms with E-state index in [0.717, 1.165) is 6.20 Å². The molecule has 4 nitrogen and oxygen atoms in total. The first-order valence-electron chi connectivity index (χ1n) is 7.52. The first-order chi connectivity index (χ1) is 11.4. The Hall–Kier alpha value is -2.02. The van der Waals surface area contributed by atoms with Crippen LogP contribution in [0.2, 0.25) is 5.02 Å². The van der Waals surface area contributed by atoms with E-state index in [9.17, 15) is 18.0 Å². The highest BCUT2D eigenvalue weighted by Crippen LogP contribution is 2.31. The molecular weight excluding hydrogens is 343 g/mol. The van der Waals surface area contributed by atoms with Crippen LogP contribution < -0.4 is 0 Å². The highest BCUT2D eigenvalue weighted by Gasteiger charge is 2.35. The Kier molecular flexibility index (Phi) is 4.54. The van der Waals surface area contributed by atoms with Gasteiger partial charge >= 0.3 is 6.18 Å². The van der Waals surface area contributed by atoms with Gasteiger partial charge in [0.05, 0.1) is 16.8 Å². The Morgan fingerprint density at radius 3 is 2.75 bits per heavy atom. The molecule has 1 fully saturated rings. The molecule has 1 aromatic heterocycles. The Labute approximate surface area is 141 Å². The van der Waals surface area contributed by atoms with E-state index < -0.39 is 11.9 Å². The SMILES string of the molecule is O=C(c1ccccc1Cl)N1CCC[C@H](c2ncc(C(F)(F)F)[nH]2)C1. The maximum atomic E-state index is 12.7. The number of hydrogen-bond donors (Lipinski definition) is 1. The average Bonchev–Trinajstić information content (AvgIpc) is 3.05. The Morgan fingerprint density at radius 1 is 1.33 bits per heavy atom. The van der Waals surface area contributed by atoms with Crippen LogP contribution >= 0.6 is 11.6 Å². The molecule has 1 N–H and O–H groups in total. The van der Waals surface area contributed by atoms with E-state index in [1.54, 1.807) is 29.2 Å². The first kappa shape index (κ1) is 16.8. The molecule has 0 radical (unpaired) electrons. The Bertz CT molecular complexity index is 744. The molecule has 1 saturated heterocycles. The maximum Gasteiger partial charge on any atom is 0.432 e. The molecule has 1 aliphatic rings. The summed E-state index contributed by atoms with van der Waals surface area (Å²) >= 11 is 6.05. The Balaban J connectivity index is 1.76. The number of rotatable bonds is 2. The lowest BCUT2D eigenvalue weighted by Gasteiger charge is -2.32. The van der Waals surface area contributed by atoms with E-state index in [0.29, 0.717) is 36.5 Å². The molecule has 2 aromatic rings. The van der Waals surface area contributed by atoms with Gasteiger partial charge < -0.3 is 9.88 Å². The number of H-pyrrole nitrogens is 1. The number of aromatic amines is 1. The van der Waals surface area contributed by atoms with E-state index in [2.05, 4.69) is 9.97 Å². The third-order valence-electron chi connectivity index (χ3n) is 4.10. The van der Waals surface area contributed by atoms with Crippen molar-refractivity contribution in [1.29, 1.82) is 0 Å². The number of halogens is 4. The number of amides is 1. The predicted octanol–water partition coefficient (Wildman–Crippen LogP) is 4.10. The van der Waals surface area contributed by atoms with Crippen molar-refractivity contribution in [2.75, 3.05) is 13.1 Å². The van der Waals surface area contributed by atoms with Crippen LogP contribution in [0.3, 0.4) is 0 Å². The lowest BCUT2D eigenvalue weighted by atomic mass is 9.96. The van der Waals surface area contributed by atoms with Crippen LogP contribution in [0.25, 0.3) is 0 Å². The third kappa shape index (κ3) is 3.40. The van der Waals surface area contributed by atoms with Crippen LogP contribution in [0, 0.1) is 0 Å². The first-order valence-corrected chi connectivity index (χ1v) is 7.90. The standard InChI is InChI=1S/C16H15ClF3N3O/c17-12-6-2-1-5-11(12)15(24)23-7-3-4-10(9-23)14-21-8-13(22-14)16(18,19)20/h1-2,5-6,8,10H,3-4,7,9H2,(H,21,22)/t10-/m0/s1. The fourth-order valence-electron chi connectivity index (χ4n) is 2.88. The van der Waals surface area contributed by atoms with E-state index in [1.807, 2.05) is 0 Å². The van der Waals surface area contributed by atoms with Gasteiger partial charge in [-0.05, 0) is 25.0 Å². The number of nitrogens with one attached hydrogen (secondary N) is 1. The largest absolute Gasteiger partial charge is 0.432 e. The number of aromatic nitrogens is 2. The molecule has 1 atom stereocenters. The minimum absolute atomic E-state index is 0.215. The lowest BCUT2D eigenvalue weighted by Crippen LogP contribution is -2.39. The van der Waals surface area contributed by atoms with Crippen LogP contribution in [0.4, 0.5) is 13.2 Å². The number of hydrogen-bond acceptors (Lipinski definition) is 2. The number of alkyl halides is 3. The van der Waals surface area contributed by atoms with Gasteiger partial charge in [-0.25, -0.2) is 4.98 Å². The van der Waals surface area contributed by atoms with Gasteiger partial charge in [0.1, 0.15) is 11.5 Å². The van der Waals surface area contributed by atoms with E-state index in [-0.39, 0.29) is 17.6 Å². The topological polar surface area (TPSA) is 49.0 Å². The summed E-state index contributed by atoms with van der Waals surface area (Å²) in [6.45, 7) is 0.863. The minimum Gasteiger partial charge on any atom is -0.338 e. The van der Waals surface area contributed by atoms with Crippen molar-refractivity contribution in [2.24, 2.45) is 0 Å². The van der Waals surface area contributed by atoms with Crippen molar-refractivity contribution in [2.45, 2.75) is 24.9 Å². The van der Waals surface area contributed by atoms with Crippen molar-refractivity contribution in [3.05, 3.63) is 52.6 Å². The number of likely N-dealkylation sites (tertiary alicyclic amines) is 1. The quantitative estimate of drug-likeness (QED) is 0.879. The summed E-state index contributed by atoms with van der Waals surface area (Å²) in [5, 5.41) is 0.363. The summed E-state index contributed by atoms with van der Waals surface area (Å²) in [6, 6.07) is 6.74. The second-order valence-electron chi connectivity index (χ2n) is 5.75. The summed E-state index contributed by atoms with van der Waals surface area (Å²) < 4.78 is 38.1. The molecule has 1 aliphatic heterocycles. The molecule has 0 saturated carbocycles. The zero-order valence-corrected chi connectivity index (χ0v) is 13.4. The normalized spacial score (nSPS) is 18.7. The average molecular weight is 358 g/mol. The highest BCUT2D eigenvalue weighted by atomic mass is 35.5. The van der Waals surface area contributed by atoms with Gasteiger partial charge in [0.2, 0.25) is 0 Å². The van der Waals surface area contributed by atoms with Crippen molar-refractivity contribution >= 4 is 17.5 Å².